The molecule has 2 aromatic carbocycles. The van der Waals surface area contributed by atoms with Crippen molar-refractivity contribution in [1.82, 2.24) is 4.72 Å². The lowest BCUT2D eigenvalue weighted by Gasteiger charge is -2.05. The van der Waals surface area contributed by atoms with Gasteiger partial charge >= 0.3 is 5.97 Å². The Morgan fingerprint density at radius 1 is 1.12 bits per heavy atom. The average molecular weight is 355 g/mol. The fourth-order valence-corrected chi connectivity index (χ4v) is 2.88. The van der Waals surface area contributed by atoms with Crippen molar-refractivity contribution >= 4 is 22.1 Å². The summed E-state index contributed by atoms with van der Waals surface area (Å²) in [5.74, 6) is 1.66. The standard InChI is InChI=1S/C19H17NO4S/c1-2-14-20-25(22,23)18-12-10-17(11-13-18)19(21)24-15-6-9-16-7-4-3-5-8-16/h1,3-13,20H,14-15H2. The fourth-order valence-electron chi connectivity index (χ4n) is 1.95. The van der Waals surface area contributed by atoms with E-state index in [1.54, 1.807) is 6.08 Å². The van der Waals surface area contributed by atoms with Crippen molar-refractivity contribution in [1.29, 1.82) is 0 Å². The smallest absolute Gasteiger partial charge is 0.338 e. The van der Waals surface area contributed by atoms with Crippen LogP contribution in [-0.2, 0) is 14.8 Å². The largest absolute Gasteiger partial charge is 0.458 e. The molecule has 1 N–H and O–H groups in total. The summed E-state index contributed by atoms with van der Waals surface area (Å²) in [6.45, 7) is 0.0252. The Morgan fingerprint density at radius 3 is 2.44 bits per heavy atom. The van der Waals surface area contributed by atoms with Crippen LogP contribution in [0, 0.1) is 12.3 Å². The van der Waals surface area contributed by atoms with Gasteiger partial charge in [0, 0.05) is 0 Å². The molecule has 0 atom stereocenters. The Morgan fingerprint density at radius 2 is 1.80 bits per heavy atom. The molecule has 0 radical (unpaired) electrons. The maximum atomic E-state index is 11.9. The molecular formula is C19H17NO4S. The summed E-state index contributed by atoms with van der Waals surface area (Å²) in [4.78, 5) is 12.0. The van der Waals surface area contributed by atoms with E-state index in [1.165, 1.54) is 24.3 Å². The van der Waals surface area contributed by atoms with Crippen LogP contribution in [0.25, 0.3) is 6.08 Å². The summed E-state index contributed by atoms with van der Waals surface area (Å²) in [7, 11) is -3.67. The van der Waals surface area contributed by atoms with Crippen molar-refractivity contribution in [3.8, 4) is 12.3 Å². The minimum Gasteiger partial charge on any atom is -0.458 e. The van der Waals surface area contributed by atoms with Gasteiger partial charge in [-0.25, -0.2) is 13.2 Å². The SMILES string of the molecule is C#CCNS(=O)(=O)c1ccc(C(=O)OCC=Cc2ccccc2)cc1. The average Bonchev–Trinajstić information content (AvgIpc) is 2.64. The molecule has 0 bridgehead atoms. The number of hydrogen-bond acceptors (Lipinski definition) is 4. The molecule has 2 rings (SSSR count). The first-order valence-electron chi connectivity index (χ1n) is 7.45. The van der Waals surface area contributed by atoms with Crippen LogP contribution < -0.4 is 4.72 Å². The summed E-state index contributed by atoms with van der Waals surface area (Å²) in [6.07, 6.45) is 8.61. The first kappa shape index (κ1) is 18.5. The lowest BCUT2D eigenvalue weighted by Crippen LogP contribution is -2.23. The molecule has 2 aromatic rings. The molecule has 0 aromatic heterocycles. The lowest BCUT2D eigenvalue weighted by molar-refractivity contribution is 0.0550. The van der Waals surface area contributed by atoms with Crippen LogP contribution in [0.3, 0.4) is 0 Å². The van der Waals surface area contributed by atoms with Crippen molar-refractivity contribution in [3.05, 3.63) is 71.8 Å². The van der Waals surface area contributed by atoms with Gasteiger partial charge in [0.1, 0.15) is 6.61 Å². The van der Waals surface area contributed by atoms with Gasteiger partial charge in [0.15, 0.2) is 0 Å². The second-order valence-electron chi connectivity index (χ2n) is 4.96. The fraction of sp³-hybridized carbons (Fsp3) is 0.105. The molecule has 0 heterocycles. The van der Waals surface area contributed by atoms with Crippen LogP contribution in [0.5, 0.6) is 0 Å². The number of ether oxygens (including phenoxy) is 1. The summed E-state index contributed by atoms with van der Waals surface area (Å²) in [6, 6.07) is 15.1. The molecule has 0 spiro atoms. The monoisotopic (exact) mass is 355 g/mol. The van der Waals surface area contributed by atoms with Gasteiger partial charge < -0.3 is 4.74 Å². The van der Waals surface area contributed by atoms with Gasteiger partial charge in [0.2, 0.25) is 10.0 Å². The molecule has 0 unspecified atom stereocenters. The third kappa shape index (κ3) is 5.60. The maximum absolute atomic E-state index is 11.9. The van der Waals surface area contributed by atoms with E-state index in [0.29, 0.717) is 0 Å². The van der Waals surface area contributed by atoms with E-state index < -0.39 is 16.0 Å². The Balaban J connectivity index is 1.92. The van der Waals surface area contributed by atoms with Gasteiger partial charge in [-0.1, -0.05) is 42.3 Å². The predicted molar refractivity (Wildman–Crippen MR) is 96.2 cm³/mol. The molecule has 0 fully saturated rings. The van der Waals surface area contributed by atoms with Crippen molar-refractivity contribution in [3.63, 3.8) is 0 Å². The number of rotatable bonds is 7. The van der Waals surface area contributed by atoms with Crippen molar-refractivity contribution in [2.75, 3.05) is 13.2 Å². The summed E-state index contributed by atoms with van der Waals surface area (Å²) < 4.78 is 31.1. The van der Waals surface area contributed by atoms with Gasteiger partial charge in [-0.3, -0.25) is 0 Å². The van der Waals surface area contributed by atoms with Crippen LogP contribution in [0.1, 0.15) is 15.9 Å². The summed E-state index contributed by atoms with van der Waals surface area (Å²) in [5, 5.41) is 0. The van der Waals surface area contributed by atoms with E-state index >= 15 is 0 Å². The molecule has 25 heavy (non-hydrogen) atoms. The third-order valence-corrected chi connectivity index (χ3v) is 4.60. The van der Waals surface area contributed by atoms with E-state index in [-0.39, 0.29) is 23.6 Å². The third-order valence-electron chi connectivity index (χ3n) is 3.19. The predicted octanol–water partition coefficient (Wildman–Crippen LogP) is 2.47. The number of esters is 1. The quantitative estimate of drug-likeness (QED) is 0.612. The number of terminal acetylenes is 1. The second kappa shape index (κ2) is 8.83. The number of carbonyl (C=O) groups is 1. The number of benzene rings is 2. The van der Waals surface area contributed by atoms with E-state index in [2.05, 4.69) is 10.6 Å². The molecule has 0 aliphatic heterocycles. The Labute approximate surface area is 147 Å². The molecule has 0 saturated carbocycles. The molecular weight excluding hydrogens is 338 g/mol. The van der Waals surface area contributed by atoms with Gasteiger partial charge in [0.05, 0.1) is 17.0 Å². The van der Waals surface area contributed by atoms with E-state index in [0.717, 1.165) is 5.56 Å². The topological polar surface area (TPSA) is 72.5 Å². The first-order chi connectivity index (χ1) is 12.0. The number of sulfonamides is 1. The molecule has 0 aliphatic rings. The normalized spacial score (nSPS) is 11.2. The molecule has 6 heteroatoms. The van der Waals surface area contributed by atoms with Crippen molar-refractivity contribution < 1.29 is 17.9 Å². The van der Waals surface area contributed by atoms with Gasteiger partial charge in [-0.15, -0.1) is 6.42 Å². The molecule has 128 valence electrons. The molecule has 0 amide bonds. The number of hydrogen-bond donors (Lipinski definition) is 1. The highest BCUT2D eigenvalue weighted by atomic mass is 32.2. The highest BCUT2D eigenvalue weighted by Gasteiger charge is 2.14. The number of carbonyl (C=O) groups excluding carboxylic acids is 1. The lowest BCUT2D eigenvalue weighted by atomic mass is 10.2. The zero-order valence-electron chi connectivity index (χ0n) is 13.4. The van der Waals surface area contributed by atoms with Crippen LogP contribution >= 0.6 is 0 Å². The summed E-state index contributed by atoms with van der Waals surface area (Å²) >= 11 is 0. The molecule has 0 saturated heterocycles. The zero-order valence-corrected chi connectivity index (χ0v) is 14.2. The number of nitrogens with one attached hydrogen (secondary N) is 1. The van der Waals surface area contributed by atoms with Crippen molar-refractivity contribution in [2.24, 2.45) is 0 Å². The van der Waals surface area contributed by atoms with Crippen molar-refractivity contribution in [2.45, 2.75) is 4.90 Å². The minimum absolute atomic E-state index is 0.0308. The van der Waals surface area contributed by atoms with Crippen LogP contribution in [-0.4, -0.2) is 27.5 Å². The van der Waals surface area contributed by atoms with Crippen LogP contribution in [0.4, 0.5) is 0 Å². The Kier molecular flexibility index (Phi) is 6.52. The Hall–Kier alpha value is -2.88. The first-order valence-corrected chi connectivity index (χ1v) is 8.93. The summed E-state index contributed by atoms with van der Waals surface area (Å²) in [5.41, 5.74) is 1.27. The molecule has 0 aliphatic carbocycles. The maximum Gasteiger partial charge on any atom is 0.338 e. The van der Waals surface area contributed by atoms with Gasteiger partial charge in [-0.2, -0.15) is 4.72 Å². The Bertz CT molecular complexity index is 879. The van der Waals surface area contributed by atoms with E-state index in [4.69, 9.17) is 11.2 Å². The van der Waals surface area contributed by atoms with E-state index in [9.17, 15) is 13.2 Å². The van der Waals surface area contributed by atoms with Crippen LogP contribution in [0.15, 0.2) is 65.6 Å². The minimum atomic E-state index is -3.67. The second-order valence-corrected chi connectivity index (χ2v) is 6.73. The zero-order chi connectivity index (χ0) is 18.1. The van der Waals surface area contributed by atoms with Gasteiger partial charge in [-0.05, 0) is 35.9 Å². The van der Waals surface area contributed by atoms with E-state index in [1.807, 2.05) is 36.4 Å². The highest BCUT2D eigenvalue weighted by Crippen LogP contribution is 2.11. The highest BCUT2D eigenvalue weighted by molar-refractivity contribution is 7.89. The van der Waals surface area contributed by atoms with Gasteiger partial charge in [0.25, 0.3) is 0 Å². The van der Waals surface area contributed by atoms with Crippen LogP contribution in [0.2, 0.25) is 0 Å². The molecule has 5 nitrogen and oxygen atoms in total.